The third kappa shape index (κ3) is 1.39. The van der Waals surface area contributed by atoms with E-state index in [1.165, 1.54) is 0 Å². The second-order valence-electron chi connectivity index (χ2n) is 3.85. The molecular weight excluding hydrogens is 194 g/mol. The lowest BCUT2D eigenvalue weighted by Gasteiger charge is -2.25. The lowest BCUT2D eigenvalue weighted by atomic mass is 10.1. The molecule has 2 aliphatic heterocycles. The van der Waals surface area contributed by atoms with Gasteiger partial charge in [0.2, 0.25) is 5.88 Å². The van der Waals surface area contributed by atoms with Gasteiger partial charge in [-0.25, -0.2) is 4.98 Å². The fourth-order valence-corrected chi connectivity index (χ4v) is 1.89. The quantitative estimate of drug-likeness (QED) is 0.751. The van der Waals surface area contributed by atoms with Crippen molar-refractivity contribution in [3.8, 4) is 5.88 Å². The summed E-state index contributed by atoms with van der Waals surface area (Å²) < 4.78 is 10.4. The largest absolute Gasteiger partial charge is 0.481 e. The molecule has 1 aromatic rings. The molecule has 1 fully saturated rings. The molecule has 2 aliphatic rings. The molecule has 15 heavy (non-hydrogen) atoms. The smallest absolute Gasteiger partial charge is 0.221 e. The van der Waals surface area contributed by atoms with E-state index in [0.29, 0.717) is 11.8 Å². The Morgan fingerprint density at radius 3 is 2.87 bits per heavy atom. The molecular formula is C10H13N3O2. The van der Waals surface area contributed by atoms with Crippen LogP contribution in [0.4, 0.5) is 0 Å². The lowest BCUT2D eigenvalue weighted by Crippen LogP contribution is -2.27. The van der Waals surface area contributed by atoms with E-state index in [-0.39, 0.29) is 0 Å². The maximum atomic E-state index is 5.28. The molecule has 0 saturated carbocycles. The van der Waals surface area contributed by atoms with Crippen molar-refractivity contribution in [2.24, 2.45) is 0 Å². The minimum Gasteiger partial charge on any atom is -0.481 e. The lowest BCUT2D eigenvalue weighted by molar-refractivity contribution is 0.00456. The molecule has 5 heteroatoms. The van der Waals surface area contributed by atoms with Crippen molar-refractivity contribution in [3.63, 3.8) is 0 Å². The van der Waals surface area contributed by atoms with Crippen LogP contribution < -0.4 is 10.1 Å². The van der Waals surface area contributed by atoms with E-state index < -0.39 is 0 Å². The zero-order valence-corrected chi connectivity index (χ0v) is 8.62. The normalized spacial score (nSPS) is 19.8. The van der Waals surface area contributed by atoms with Crippen LogP contribution in [0.15, 0.2) is 0 Å². The van der Waals surface area contributed by atoms with Crippen LogP contribution in [0.2, 0.25) is 0 Å². The van der Waals surface area contributed by atoms with Crippen LogP contribution in [0.25, 0.3) is 0 Å². The van der Waals surface area contributed by atoms with Gasteiger partial charge in [0.05, 0.1) is 37.5 Å². The molecule has 0 aromatic carbocycles. The first-order chi connectivity index (χ1) is 7.38. The monoisotopic (exact) mass is 207 g/mol. The van der Waals surface area contributed by atoms with Crippen molar-refractivity contribution in [2.75, 3.05) is 20.3 Å². The Bertz CT molecular complexity index is 390. The molecule has 0 bridgehead atoms. The molecule has 1 saturated heterocycles. The van der Waals surface area contributed by atoms with Gasteiger partial charge in [0, 0.05) is 13.1 Å². The van der Waals surface area contributed by atoms with E-state index >= 15 is 0 Å². The molecule has 80 valence electrons. The first-order valence-corrected chi connectivity index (χ1v) is 5.10. The fraction of sp³-hybridized carbons (Fsp3) is 0.600. The van der Waals surface area contributed by atoms with Gasteiger partial charge >= 0.3 is 0 Å². The van der Waals surface area contributed by atoms with Crippen LogP contribution in [-0.2, 0) is 17.8 Å². The molecule has 1 N–H and O–H groups in total. The van der Waals surface area contributed by atoms with Crippen molar-refractivity contribution in [2.45, 2.75) is 19.0 Å². The summed E-state index contributed by atoms with van der Waals surface area (Å²) in [5.41, 5.74) is 2.17. The standard InChI is InChI=1S/C10H13N3O2/c1-14-10-7-2-11-3-8(7)12-9(13-10)6-4-15-5-6/h6,11H,2-5H2,1H3. The van der Waals surface area contributed by atoms with Gasteiger partial charge in [-0.15, -0.1) is 0 Å². The summed E-state index contributed by atoms with van der Waals surface area (Å²) in [5, 5.41) is 3.25. The number of aromatic nitrogens is 2. The van der Waals surface area contributed by atoms with Crippen LogP contribution in [0.1, 0.15) is 23.0 Å². The maximum absolute atomic E-state index is 5.28. The van der Waals surface area contributed by atoms with Crippen molar-refractivity contribution < 1.29 is 9.47 Å². The molecule has 5 nitrogen and oxygen atoms in total. The highest BCUT2D eigenvalue weighted by Gasteiger charge is 2.27. The van der Waals surface area contributed by atoms with Gasteiger partial charge in [-0.1, -0.05) is 0 Å². The van der Waals surface area contributed by atoms with E-state index in [9.17, 15) is 0 Å². The number of fused-ring (bicyclic) bond motifs is 1. The molecule has 0 amide bonds. The number of hydrogen-bond acceptors (Lipinski definition) is 5. The Balaban J connectivity index is 2.02. The molecule has 3 rings (SSSR count). The van der Waals surface area contributed by atoms with E-state index in [0.717, 1.165) is 43.4 Å². The van der Waals surface area contributed by atoms with Gasteiger partial charge in [0.1, 0.15) is 5.82 Å². The number of rotatable bonds is 2. The minimum absolute atomic E-state index is 0.352. The second-order valence-corrected chi connectivity index (χ2v) is 3.85. The second kappa shape index (κ2) is 3.43. The van der Waals surface area contributed by atoms with Crippen LogP contribution in [0.3, 0.4) is 0 Å². The summed E-state index contributed by atoms with van der Waals surface area (Å²) in [7, 11) is 1.65. The highest BCUT2D eigenvalue weighted by Crippen LogP contribution is 2.28. The van der Waals surface area contributed by atoms with Gasteiger partial charge in [-0.05, 0) is 0 Å². The summed E-state index contributed by atoms with van der Waals surface area (Å²) in [6.07, 6.45) is 0. The Hall–Kier alpha value is -1.20. The van der Waals surface area contributed by atoms with Crippen LogP contribution in [0.5, 0.6) is 5.88 Å². The highest BCUT2D eigenvalue weighted by molar-refractivity contribution is 5.34. The number of hydrogen-bond donors (Lipinski definition) is 1. The molecule has 0 radical (unpaired) electrons. The van der Waals surface area contributed by atoms with Crippen LogP contribution in [-0.4, -0.2) is 30.3 Å². The minimum atomic E-state index is 0.352. The number of nitrogens with zero attached hydrogens (tertiary/aromatic N) is 2. The van der Waals surface area contributed by atoms with Crippen molar-refractivity contribution in [1.29, 1.82) is 0 Å². The van der Waals surface area contributed by atoms with Gasteiger partial charge in [-0.2, -0.15) is 4.98 Å². The summed E-state index contributed by atoms with van der Waals surface area (Å²) >= 11 is 0. The van der Waals surface area contributed by atoms with Crippen LogP contribution in [0, 0.1) is 0 Å². The first kappa shape index (κ1) is 9.06. The number of methoxy groups -OCH3 is 1. The number of ether oxygens (including phenoxy) is 2. The zero-order chi connectivity index (χ0) is 10.3. The van der Waals surface area contributed by atoms with E-state index in [2.05, 4.69) is 15.3 Å². The van der Waals surface area contributed by atoms with Crippen molar-refractivity contribution >= 4 is 0 Å². The summed E-state index contributed by atoms with van der Waals surface area (Å²) in [6, 6.07) is 0. The Morgan fingerprint density at radius 1 is 1.33 bits per heavy atom. The zero-order valence-electron chi connectivity index (χ0n) is 8.62. The average Bonchev–Trinajstić information content (AvgIpc) is 2.61. The van der Waals surface area contributed by atoms with E-state index in [1.54, 1.807) is 7.11 Å². The Kier molecular flexibility index (Phi) is 2.07. The number of nitrogens with one attached hydrogen (secondary N) is 1. The third-order valence-corrected chi connectivity index (χ3v) is 2.86. The molecule has 0 aliphatic carbocycles. The Labute approximate surface area is 87.8 Å². The van der Waals surface area contributed by atoms with Gasteiger partial charge in [-0.3, -0.25) is 0 Å². The summed E-state index contributed by atoms with van der Waals surface area (Å²) in [4.78, 5) is 8.98. The predicted octanol–water partition coefficient (Wildman–Crippen LogP) is 0.202. The van der Waals surface area contributed by atoms with E-state index in [1.807, 2.05) is 0 Å². The maximum Gasteiger partial charge on any atom is 0.221 e. The Morgan fingerprint density at radius 2 is 2.20 bits per heavy atom. The predicted molar refractivity (Wildman–Crippen MR) is 52.7 cm³/mol. The third-order valence-electron chi connectivity index (χ3n) is 2.86. The van der Waals surface area contributed by atoms with Crippen molar-refractivity contribution in [1.82, 2.24) is 15.3 Å². The summed E-state index contributed by atoms with van der Waals surface area (Å²) in [5.74, 6) is 1.93. The topological polar surface area (TPSA) is 56.3 Å². The average molecular weight is 207 g/mol. The van der Waals surface area contributed by atoms with Crippen molar-refractivity contribution in [3.05, 3.63) is 17.1 Å². The molecule has 0 atom stereocenters. The van der Waals surface area contributed by atoms with Crippen LogP contribution >= 0.6 is 0 Å². The van der Waals surface area contributed by atoms with Gasteiger partial charge in [0.25, 0.3) is 0 Å². The molecule has 3 heterocycles. The molecule has 1 aromatic heterocycles. The fourth-order valence-electron chi connectivity index (χ4n) is 1.89. The first-order valence-electron chi connectivity index (χ1n) is 5.10. The highest BCUT2D eigenvalue weighted by atomic mass is 16.5. The van der Waals surface area contributed by atoms with E-state index in [4.69, 9.17) is 9.47 Å². The molecule has 0 spiro atoms. The van der Waals surface area contributed by atoms with Gasteiger partial charge < -0.3 is 14.8 Å². The summed E-state index contributed by atoms with van der Waals surface area (Å²) in [6.45, 7) is 3.08. The molecule has 0 unspecified atom stereocenters. The van der Waals surface area contributed by atoms with Gasteiger partial charge in [0.15, 0.2) is 0 Å². The SMILES string of the molecule is COc1nc(C2COC2)nc2c1CNC2.